The molecule has 0 saturated heterocycles. The van der Waals surface area contributed by atoms with Gasteiger partial charge in [-0.05, 0) is 49.4 Å². The van der Waals surface area contributed by atoms with Gasteiger partial charge in [0.25, 0.3) is 10.1 Å². The Kier molecular flexibility index (Phi) is 4.27. The molecule has 0 spiro atoms. The highest BCUT2D eigenvalue weighted by atomic mass is 32.2. The summed E-state index contributed by atoms with van der Waals surface area (Å²) in [5.74, 6) is 0.101. The van der Waals surface area contributed by atoms with E-state index in [0.29, 0.717) is 12.3 Å². The van der Waals surface area contributed by atoms with Crippen molar-refractivity contribution in [1.29, 1.82) is 0 Å². The van der Waals surface area contributed by atoms with Crippen molar-refractivity contribution in [1.82, 2.24) is 0 Å². The summed E-state index contributed by atoms with van der Waals surface area (Å²) in [5, 5.41) is 10.8. The fourth-order valence-electron chi connectivity index (χ4n) is 5.27. The van der Waals surface area contributed by atoms with Gasteiger partial charge in [-0.15, -0.1) is 0 Å². The standard InChI is InChI=1S/C16H30O4S/c1-14(2)8-6-9-15(3)12(14)7-10-16(4,17)13(15)11-21(18,19)20-5/h12-13,17H,6-11H2,1-5H3/t12-,13-,15-,16+/m0/s1. The van der Waals surface area contributed by atoms with E-state index in [4.69, 9.17) is 0 Å². The minimum atomic E-state index is -3.58. The Hall–Kier alpha value is -0.130. The molecule has 2 saturated carbocycles. The van der Waals surface area contributed by atoms with Gasteiger partial charge < -0.3 is 5.11 Å². The van der Waals surface area contributed by atoms with Crippen LogP contribution in [0.4, 0.5) is 0 Å². The Morgan fingerprint density at radius 3 is 2.33 bits per heavy atom. The Labute approximate surface area is 129 Å². The molecule has 0 aromatic carbocycles. The van der Waals surface area contributed by atoms with Crippen LogP contribution in [0, 0.1) is 22.7 Å². The predicted molar refractivity (Wildman–Crippen MR) is 83.4 cm³/mol. The topological polar surface area (TPSA) is 63.6 Å². The van der Waals surface area contributed by atoms with E-state index >= 15 is 0 Å². The zero-order chi connectivity index (χ0) is 16.1. The molecule has 2 fully saturated rings. The Balaban J connectivity index is 2.42. The summed E-state index contributed by atoms with van der Waals surface area (Å²) in [5.41, 5.74) is -0.877. The molecule has 0 heterocycles. The Morgan fingerprint density at radius 2 is 1.76 bits per heavy atom. The maximum absolute atomic E-state index is 12.0. The lowest BCUT2D eigenvalue weighted by molar-refractivity contribution is -0.159. The van der Waals surface area contributed by atoms with Crippen LogP contribution in [0.3, 0.4) is 0 Å². The molecule has 0 aromatic heterocycles. The minimum Gasteiger partial charge on any atom is -0.390 e. The van der Waals surface area contributed by atoms with Crippen LogP contribution in [0.15, 0.2) is 0 Å². The fourth-order valence-corrected chi connectivity index (χ4v) is 6.55. The average Bonchev–Trinajstić information content (AvgIpc) is 2.33. The molecule has 2 aliphatic carbocycles. The maximum Gasteiger partial charge on any atom is 0.267 e. The zero-order valence-electron chi connectivity index (χ0n) is 14.0. The van der Waals surface area contributed by atoms with E-state index in [0.717, 1.165) is 19.3 Å². The Bertz CT molecular complexity index is 494. The first kappa shape index (κ1) is 17.2. The van der Waals surface area contributed by atoms with Gasteiger partial charge in [0.05, 0.1) is 18.5 Å². The summed E-state index contributed by atoms with van der Waals surface area (Å²) in [6.45, 7) is 8.56. The largest absolute Gasteiger partial charge is 0.390 e. The van der Waals surface area contributed by atoms with Crippen molar-refractivity contribution in [2.24, 2.45) is 22.7 Å². The summed E-state index contributed by atoms with van der Waals surface area (Å²) < 4.78 is 28.7. The second-order valence-corrected chi connectivity index (χ2v) is 10.0. The lowest BCUT2D eigenvalue weighted by atomic mass is 9.46. The van der Waals surface area contributed by atoms with E-state index in [1.54, 1.807) is 6.92 Å². The molecule has 4 atom stereocenters. The van der Waals surface area contributed by atoms with Crippen molar-refractivity contribution in [3.63, 3.8) is 0 Å². The highest BCUT2D eigenvalue weighted by molar-refractivity contribution is 7.86. The SMILES string of the molecule is COS(=O)(=O)C[C@H]1[C@@]2(C)CCCC(C)(C)[C@@H]2CC[C@@]1(C)O. The molecular formula is C16H30O4S. The number of hydrogen-bond donors (Lipinski definition) is 1. The van der Waals surface area contributed by atoms with E-state index in [2.05, 4.69) is 25.0 Å². The molecule has 124 valence electrons. The van der Waals surface area contributed by atoms with Gasteiger partial charge in [0.2, 0.25) is 0 Å². The molecule has 2 rings (SSSR count). The summed E-state index contributed by atoms with van der Waals surface area (Å²) in [4.78, 5) is 0. The summed E-state index contributed by atoms with van der Waals surface area (Å²) in [6.07, 6.45) is 4.90. The quantitative estimate of drug-likeness (QED) is 0.813. The zero-order valence-corrected chi connectivity index (χ0v) is 14.8. The van der Waals surface area contributed by atoms with E-state index in [1.165, 1.54) is 13.5 Å². The van der Waals surface area contributed by atoms with E-state index in [1.807, 2.05) is 0 Å². The average molecular weight is 318 g/mol. The van der Waals surface area contributed by atoms with Crippen molar-refractivity contribution in [2.45, 2.75) is 65.4 Å². The fraction of sp³-hybridized carbons (Fsp3) is 1.00. The molecule has 5 heteroatoms. The lowest BCUT2D eigenvalue weighted by Crippen LogP contribution is -2.59. The third kappa shape index (κ3) is 3.02. The predicted octanol–water partition coefficient (Wildman–Crippen LogP) is 2.96. The molecule has 0 aliphatic heterocycles. The molecule has 1 N–H and O–H groups in total. The molecule has 0 aromatic rings. The second kappa shape index (κ2) is 5.20. The third-order valence-electron chi connectivity index (χ3n) is 6.39. The highest BCUT2D eigenvalue weighted by Gasteiger charge is 2.58. The van der Waals surface area contributed by atoms with Crippen LogP contribution in [-0.2, 0) is 14.3 Å². The molecular weight excluding hydrogens is 288 g/mol. The van der Waals surface area contributed by atoms with E-state index < -0.39 is 15.7 Å². The minimum absolute atomic E-state index is 0.0837. The van der Waals surface area contributed by atoms with Crippen LogP contribution in [0.5, 0.6) is 0 Å². The molecule has 0 bridgehead atoms. The first-order valence-electron chi connectivity index (χ1n) is 7.95. The molecule has 0 amide bonds. The van der Waals surface area contributed by atoms with Gasteiger partial charge in [0.1, 0.15) is 0 Å². The van der Waals surface area contributed by atoms with Crippen molar-refractivity contribution in [3.8, 4) is 0 Å². The molecule has 2 aliphatic rings. The third-order valence-corrected chi connectivity index (χ3v) is 7.64. The van der Waals surface area contributed by atoms with Gasteiger partial charge in [0, 0.05) is 5.92 Å². The molecule has 0 radical (unpaired) electrons. The van der Waals surface area contributed by atoms with Crippen LogP contribution in [0.1, 0.15) is 59.8 Å². The summed E-state index contributed by atoms with van der Waals surface area (Å²) in [7, 11) is -2.37. The smallest absolute Gasteiger partial charge is 0.267 e. The van der Waals surface area contributed by atoms with Gasteiger partial charge in [-0.3, -0.25) is 4.18 Å². The first-order chi connectivity index (χ1) is 9.45. The molecule has 21 heavy (non-hydrogen) atoms. The number of rotatable bonds is 3. The monoisotopic (exact) mass is 318 g/mol. The van der Waals surface area contributed by atoms with Gasteiger partial charge in [-0.2, -0.15) is 8.42 Å². The van der Waals surface area contributed by atoms with Gasteiger partial charge in [-0.1, -0.05) is 27.2 Å². The van der Waals surface area contributed by atoms with Gasteiger partial charge >= 0.3 is 0 Å². The van der Waals surface area contributed by atoms with E-state index in [-0.39, 0.29) is 22.5 Å². The van der Waals surface area contributed by atoms with Gasteiger partial charge in [0.15, 0.2) is 0 Å². The maximum atomic E-state index is 12.0. The molecule has 4 nitrogen and oxygen atoms in total. The lowest BCUT2D eigenvalue weighted by Gasteiger charge is -2.61. The number of aliphatic hydroxyl groups is 1. The van der Waals surface area contributed by atoms with Crippen LogP contribution >= 0.6 is 0 Å². The van der Waals surface area contributed by atoms with Crippen molar-refractivity contribution in [2.75, 3.05) is 12.9 Å². The van der Waals surface area contributed by atoms with E-state index in [9.17, 15) is 13.5 Å². The van der Waals surface area contributed by atoms with Crippen LogP contribution < -0.4 is 0 Å². The molecule has 0 unspecified atom stereocenters. The number of fused-ring (bicyclic) bond motifs is 1. The van der Waals surface area contributed by atoms with Crippen molar-refractivity contribution >= 4 is 10.1 Å². The Morgan fingerprint density at radius 1 is 1.14 bits per heavy atom. The first-order valence-corrected chi connectivity index (χ1v) is 9.53. The van der Waals surface area contributed by atoms with Crippen molar-refractivity contribution in [3.05, 3.63) is 0 Å². The normalized spacial score (nSPS) is 43.3. The second-order valence-electron chi connectivity index (χ2n) is 8.24. The van der Waals surface area contributed by atoms with Gasteiger partial charge in [-0.25, -0.2) is 0 Å². The van der Waals surface area contributed by atoms with Crippen LogP contribution in [0.2, 0.25) is 0 Å². The van der Waals surface area contributed by atoms with Crippen molar-refractivity contribution < 1.29 is 17.7 Å². The highest BCUT2D eigenvalue weighted by Crippen LogP contribution is 2.62. The summed E-state index contributed by atoms with van der Waals surface area (Å²) >= 11 is 0. The van der Waals surface area contributed by atoms with Crippen LogP contribution in [0.25, 0.3) is 0 Å². The van der Waals surface area contributed by atoms with Crippen LogP contribution in [-0.4, -0.2) is 32.0 Å². The summed E-state index contributed by atoms with van der Waals surface area (Å²) in [6, 6.07) is 0. The number of hydrogen-bond acceptors (Lipinski definition) is 4.